The standard InChI is InChI=1S/C10H8BrNO2/c1-14-10(13)9(6-12)7-3-2-4-8(11)5-7/h2-5,9H,1H3/t9-/m0/s1. The van der Waals surface area contributed by atoms with Gasteiger partial charge in [0.1, 0.15) is 0 Å². The van der Waals surface area contributed by atoms with Gasteiger partial charge in [-0.25, -0.2) is 0 Å². The highest BCUT2D eigenvalue weighted by Gasteiger charge is 2.20. The molecule has 0 aliphatic rings. The molecule has 14 heavy (non-hydrogen) atoms. The van der Waals surface area contributed by atoms with Crippen molar-refractivity contribution in [3.8, 4) is 6.07 Å². The Kier molecular flexibility index (Phi) is 3.66. The molecule has 0 saturated carbocycles. The molecule has 0 radical (unpaired) electrons. The molecule has 0 N–H and O–H groups in total. The number of carbonyl (C=O) groups excluding carboxylic acids is 1. The highest BCUT2D eigenvalue weighted by molar-refractivity contribution is 9.10. The summed E-state index contributed by atoms with van der Waals surface area (Å²) in [6.45, 7) is 0. The van der Waals surface area contributed by atoms with Gasteiger partial charge in [-0.05, 0) is 17.7 Å². The number of nitriles is 1. The van der Waals surface area contributed by atoms with Crippen LogP contribution in [0.15, 0.2) is 28.7 Å². The number of benzene rings is 1. The van der Waals surface area contributed by atoms with E-state index in [9.17, 15) is 4.79 Å². The van der Waals surface area contributed by atoms with E-state index in [4.69, 9.17) is 5.26 Å². The molecule has 72 valence electrons. The van der Waals surface area contributed by atoms with Crippen LogP contribution in [0.5, 0.6) is 0 Å². The van der Waals surface area contributed by atoms with E-state index in [2.05, 4.69) is 20.7 Å². The van der Waals surface area contributed by atoms with Gasteiger partial charge in [0.15, 0.2) is 5.92 Å². The minimum atomic E-state index is -0.850. The van der Waals surface area contributed by atoms with Crippen LogP contribution in [0.2, 0.25) is 0 Å². The number of carbonyl (C=O) groups is 1. The third-order valence-electron chi connectivity index (χ3n) is 1.75. The molecule has 0 bridgehead atoms. The van der Waals surface area contributed by atoms with Crippen LogP contribution in [-0.4, -0.2) is 13.1 Å². The van der Waals surface area contributed by atoms with Gasteiger partial charge in [0, 0.05) is 4.47 Å². The molecular formula is C10H8BrNO2. The number of halogens is 1. The van der Waals surface area contributed by atoms with E-state index in [1.54, 1.807) is 18.2 Å². The van der Waals surface area contributed by atoms with Crippen LogP contribution in [0, 0.1) is 11.3 Å². The first-order valence-electron chi connectivity index (χ1n) is 3.92. The van der Waals surface area contributed by atoms with Crippen molar-refractivity contribution in [3.05, 3.63) is 34.3 Å². The largest absolute Gasteiger partial charge is 0.468 e. The Labute approximate surface area is 90.4 Å². The summed E-state index contributed by atoms with van der Waals surface area (Å²) in [5, 5.41) is 8.81. The zero-order valence-electron chi connectivity index (χ0n) is 7.53. The van der Waals surface area contributed by atoms with Crippen molar-refractivity contribution in [3.63, 3.8) is 0 Å². The lowest BCUT2D eigenvalue weighted by molar-refractivity contribution is -0.140. The number of ether oxygens (including phenoxy) is 1. The third-order valence-corrected chi connectivity index (χ3v) is 2.24. The van der Waals surface area contributed by atoms with E-state index in [-0.39, 0.29) is 0 Å². The van der Waals surface area contributed by atoms with E-state index in [1.165, 1.54) is 7.11 Å². The Hall–Kier alpha value is -1.34. The molecule has 0 heterocycles. The van der Waals surface area contributed by atoms with Gasteiger partial charge in [0.25, 0.3) is 0 Å². The van der Waals surface area contributed by atoms with Crippen molar-refractivity contribution in [2.45, 2.75) is 5.92 Å². The van der Waals surface area contributed by atoms with Crippen LogP contribution in [0.1, 0.15) is 11.5 Å². The number of methoxy groups -OCH3 is 1. The summed E-state index contributed by atoms with van der Waals surface area (Å²) < 4.78 is 5.35. The second-order valence-electron chi connectivity index (χ2n) is 2.64. The number of nitrogens with zero attached hydrogens (tertiary/aromatic N) is 1. The highest BCUT2D eigenvalue weighted by Crippen LogP contribution is 2.20. The Morgan fingerprint density at radius 3 is 2.86 bits per heavy atom. The van der Waals surface area contributed by atoms with Gasteiger partial charge in [-0.3, -0.25) is 4.79 Å². The third kappa shape index (κ3) is 2.33. The first kappa shape index (κ1) is 10.7. The maximum Gasteiger partial charge on any atom is 0.327 e. The zero-order chi connectivity index (χ0) is 10.6. The lowest BCUT2D eigenvalue weighted by Gasteiger charge is -2.06. The Morgan fingerprint density at radius 2 is 2.36 bits per heavy atom. The molecule has 1 atom stereocenters. The molecule has 0 saturated heterocycles. The predicted molar refractivity (Wildman–Crippen MR) is 54.5 cm³/mol. The summed E-state index contributed by atoms with van der Waals surface area (Å²) in [6.07, 6.45) is 0. The first-order valence-corrected chi connectivity index (χ1v) is 4.71. The summed E-state index contributed by atoms with van der Waals surface area (Å²) in [5.74, 6) is -1.39. The second kappa shape index (κ2) is 4.77. The predicted octanol–water partition coefficient (Wildman–Crippen LogP) is 2.23. The van der Waals surface area contributed by atoms with Gasteiger partial charge >= 0.3 is 5.97 Å². The molecule has 1 aromatic rings. The molecule has 1 aromatic carbocycles. The maximum atomic E-state index is 11.2. The van der Waals surface area contributed by atoms with Crippen LogP contribution in [0.25, 0.3) is 0 Å². The number of hydrogen-bond donors (Lipinski definition) is 0. The van der Waals surface area contributed by atoms with Crippen LogP contribution in [0.3, 0.4) is 0 Å². The number of rotatable bonds is 2. The van der Waals surface area contributed by atoms with E-state index in [0.717, 1.165) is 4.47 Å². The normalized spacial score (nSPS) is 11.5. The molecule has 0 amide bonds. The van der Waals surface area contributed by atoms with E-state index in [1.807, 2.05) is 12.1 Å². The van der Waals surface area contributed by atoms with Crippen LogP contribution < -0.4 is 0 Å². The lowest BCUT2D eigenvalue weighted by Crippen LogP contribution is -2.12. The quantitative estimate of drug-likeness (QED) is 0.760. The minimum absolute atomic E-state index is 0.536. The van der Waals surface area contributed by atoms with Gasteiger partial charge in [-0.2, -0.15) is 5.26 Å². The number of esters is 1. The smallest absolute Gasteiger partial charge is 0.327 e. The first-order chi connectivity index (χ1) is 6.69. The Bertz CT molecular complexity index is 384. The molecule has 0 aliphatic heterocycles. The highest BCUT2D eigenvalue weighted by atomic mass is 79.9. The fourth-order valence-electron chi connectivity index (χ4n) is 1.07. The molecular weight excluding hydrogens is 246 g/mol. The van der Waals surface area contributed by atoms with Crippen molar-refractivity contribution >= 4 is 21.9 Å². The Morgan fingerprint density at radius 1 is 1.64 bits per heavy atom. The number of hydrogen-bond acceptors (Lipinski definition) is 3. The molecule has 3 nitrogen and oxygen atoms in total. The monoisotopic (exact) mass is 253 g/mol. The van der Waals surface area contributed by atoms with Gasteiger partial charge in [0.05, 0.1) is 13.2 Å². The topological polar surface area (TPSA) is 50.1 Å². The average molecular weight is 254 g/mol. The molecule has 4 heteroatoms. The van der Waals surface area contributed by atoms with Gasteiger partial charge in [-0.15, -0.1) is 0 Å². The molecule has 0 aliphatic carbocycles. The van der Waals surface area contributed by atoms with E-state index >= 15 is 0 Å². The van der Waals surface area contributed by atoms with Crippen LogP contribution >= 0.6 is 15.9 Å². The van der Waals surface area contributed by atoms with Crippen molar-refractivity contribution in [2.24, 2.45) is 0 Å². The second-order valence-corrected chi connectivity index (χ2v) is 3.56. The molecule has 0 aromatic heterocycles. The molecule has 0 unspecified atom stereocenters. The van der Waals surface area contributed by atoms with Crippen molar-refractivity contribution in [1.29, 1.82) is 5.26 Å². The molecule has 0 spiro atoms. The van der Waals surface area contributed by atoms with Crippen LogP contribution in [0.4, 0.5) is 0 Å². The zero-order valence-corrected chi connectivity index (χ0v) is 9.11. The molecule has 1 rings (SSSR count). The van der Waals surface area contributed by atoms with Gasteiger partial charge in [-0.1, -0.05) is 28.1 Å². The summed E-state index contributed by atoms with van der Waals surface area (Å²) in [5.41, 5.74) is 0.633. The van der Waals surface area contributed by atoms with Crippen molar-refractivity contribution in [2.75, 3.05) is 7.11 Å². The van der Waals surface area contributed by atoms with Crippen molar-refractivity contribution in [1.82, 2.24) is 0 Å². The summed E-state index contributed by atoms with van der Waals surface area (Å²) in [7, 11) is 1.27. The Balaban J connectivity index is 3.02. The summed E-state index contributed by atoms with van der Waals surface area (Å²) in [6, 6.07) is 8.94. The summed E-state index contributed by atoms with van der Waals surface area (Å²) >= 11 is 3.27. The average Bonchev–Trinajstić information content (AvgIpc) is 2.19. The van der Waals surface area contributed by atoms with Crippen molar-refractivity contribution < 1.29 is 9.53 Å². The maximum absolute atomic E-state index is 11.2. The van der Waals surface area contributed by atoms with E-state index in [0.29, 0.717) is 5.56 Å². The SMILES string of the molecule is COC(=O)[C@@H](C#N)c1cccc(Br)c1. The van der Waals surface area contributed by atoms with Gasteiger partial charge in [0.2, 0.25) is 0 Å². The van der Waals surface area contributed by atoms with Gasteiger partial charge < -0.3 is 4.74 Å². The van der Waals surface area contributed by atoms with Crippen LogP contribution in [-0.2, 0) is 9.53 Å². The summed E-state index contributed by atoms with van der Waals surface area (Å²) in [4.78, 5) is 11.2. The fourth-order valence-corrected chi connectivity index (χ4v) is 1.48. The minimum Gasteiger partial charge on any atom is -0.468 e. The molecule has 0 fully saturated rings. The fraction of sp³-hybridized carbons (Fsp3) is 0.200. The lowest BCUT2D eigenvalue weighted by atomic mass is 10.0. The van der Waals surface area contributed by atoms with E-state index < -0.39 is 11.9 Å².